The lowest BCUT2D eigenvalue weighted by Crippen LogP contribution is -2.13. The molecule has 0 radical (unpaired) electrons. The zero-order chi connectivity index (χ0) is 12.3. The molecule has 88 valence electrons. The number of benzene rings is 1. The van der Waals surface area contributed by atoms with E-state index in [1.54, 1.807) is 12.4 Å². The number of rotatable bonds is 3. The van der Waals surface area contributed by atoms with Crippen LogP contribution in [0.5, 0.6) is 0 Å². The van der Waals surface area contributed by atoms with E-state index in [1.807, 2.05) is 30.3 Å². The summed E-state index contributed by atoms with van der Waals surface area (Å²) in [5, 5.41) is 0.703. The van der Waals surface area contributed by atoms with Crippen LogP contribution in [0, 0.1) is 0 Å². The van der Waals surface area contributed by atoms with E-state index in [2.05, 4.69) is 20.9 Å². The van der Waals surface area contributed by atoms with Gasteiger partial charge >= 0.3 is 0 Å². The van der Waals surface area contributed by atoms with Crippen molar-refractivity contribution in [1.29, 1.82) is 0 Å². The Morgan fingerprint density at radius 3 is 2.65 bits per heavy atom. The minimum absolute atomic E-state index is 0.109. The van der Waals surface area contributed by atoms with Crippen molar-refractivity contribution < 1.29 is 0 Å². The molecule has 0 aliphatic heterocycles. The van der Waals surface area contributed by atoms with Gasteiger partial charge in [-0.2, -0.15) is 0 Å². The highest BCUT2D eigenvalue weighted by Crippen LogP contribution is 2.27. The second kappa shape index (κ2) is 5.63. The fraction of sp³-hybridized carbons (Fsp3) is 0.154. The molecule has 0 saturated carbocycles. The maximum atomic E-state index is 6.17. The summed E-state index contributed by atoms with van der Waals surface area (Å²) < 4.78 is 0.988. The molecule has 1 aromatic carbocycles. The van der Waals surface area contributed by atoms with Gasteiger partial charge in [-0.3, -0.25) is 4.98 Å². The van der Waals surface area contributed by atoms with E-state index < -0.39 is 0 Å². The number of nitrogens with two attached hydrogens (primary N) is 1. The van der Waals surface area contributed by atoms with E-state index >= 15 is 0 Å². The second-order valence-corrected chi connectivity index (χ2v) is 5.15. The predicted octanol–water partition coefficient (Wildman–Crippen LogP) is 3.74. The molecule has 0 fully saturated rings. The molecule has 0 saturated heterocycles. The first kappa shape index (κ1) is 12.6. The Labute approximate surface area is 114 Å². The van der Waals surface area contributed by atoms with E-state index in [-0.39, 0.29) is 6.04 Å². The van der Waals surface area contributed by atoms with Crippen LogP contribution >= 0.6 is 27.5 Å². The fourth-order valence-corrected chi connectivity index (χ4v) is 2.32. The van der Waals surface area contributed by atoms with Gasteiger partial charge in [-0.1, -0.05) is 27.5 Å². The number of hydrogen-bond donors (Lipinski definition) is 1. The van der Waals surface area contributed by atoms with Crippen LogP contribution in [0.15, 0.2) is 47.2 Å². The third-order valence-corrected chi connectivity index (χ3v) is 3.40. The van der Waals surface area contributed by atoms with Gasteiger partial charge < -0.3 is 5.73 Å². The maximum absolute atomic E-state index is 6.17. The molecule has 2 rings (SSSR count). The Kier molecular flexibility index (Phi) is 4.15. The lowest BCUT2D eigenvalue weighted by molar-refractivity contribution is 0.721. The number of halogens is 2. The highest BCUT2D eigenvalue weighted by atomic mass is 79.9. The predicted molar refractivity (Wildman–Crippen MR) is 74.0 cm³/mol. The van der Waals surface area contributed by atoms with Crippen molar-refractivity contribution in [3.05, 3.63) is 63.3 Å². The first-order valence-electron chi connectivity index (χ1n) is 5.26. The molecular weight excluding hydrogens is 300 g/mol. The molecule has 1 aromatic heterocycles. The molecule has 4 heteroatoms. The summed E-state index contributed by atoms with van der Waals surface area (Å²) in [5.74, 6) is 0. The van der Waals surface area contributed by atoms with Crippen molar-refractivity contribution in [1.82, 2.24) is 4.98 Å². The van der Waals surface area contributed by atoms with Gasteiger partial charge in [0.25, 0.3) is 0 Å². The summed E-state index contributed by atoms with van der Waals surface area (Å²) in [6.45, 7) is 0. The number of pyridine rings is 1. The zero-order valence-corrected chi connectivity index (χ0v) is 11.4. The van der Waals surface area contributed by atoms with Crippen molar-refractivity contribution >= 4 is 27.5 Å². The van der Waals surface area contributed by atoms with Crippen LogP contribution in [0.2, 0.25) is 5.02 Å². The van der Waals surface area contributed by atoms with Gasteiger partial charge in [0, 0.05) is 27.9 Å². The smallest absolute Gasteiger partial charge is 0.0454 e. The molecule has 0 aliphatic carbocycles. The third kappa shape index (κ3) is 3.28. The van der Waals surface area contributed by atoms with Gasteiger partial charge in [0.1, 0.15) is 0 Å². The van der Waals surface area contributed by atoms with E-state index in [0.29, 0.717) is 5.02 Å². The lowest BCUT2D eigenvalue weighted by Gasteiger charge is -2.14. The van der Waals surface area contributed by atoms with Gasteiger partial charge in [-0.25, -0.2) is 0 Å². The Morgan fingerprint density at radius 2 is 1.94 bits per heavy atom. The molecule has 1 atom stereocenters. The van der Waals surface area contributed by atoms with Crippen molar-refractivity contribution in [2.24, 2.45) is 5.73 Å². The molecular formula is C13H12BrClN2. The quantitative estimate of drug-likeness (QED) is 0.938. The summed E-state index contributed by atoms with van der Waals surface area (Å²) in [4.78, 5) is 3.98. The Morgan fingerprint density at radius 1 is 1.24 bits per heavy atom. The molecule has 2 N–H and O–H groups in total. The lowest BCUT2D eigenvalue weighted by atomic mass is 10.0. The molecule has 1 heterocycles. The number of hydrogen-bond acceptors (Lipinski definition) is 2. The first-order valence-corrected chi connectivity index (χ1v) is 6.43. The normalized spacial score (nSPS) is 12.4. The minimum atomic E-state index is -0.109. The van der Waals surface area contributed by atoms with Gasteiger partial charge in [0.2, 0.25) is 0 Å². The third-order valence-electron chi connectivity index (χ3n) is 2.56. The molecule has 0 bridgehead atoms. The molecule has 1 unspecified atom stereocenters. The number of nitrogens with zero attached hydrogens (tertiary/aromatic N) is 1. The topological polar surface area (TPSA) is 38.9 Å². The highest BCUT2D eigenvalue weighted by molar-refractivity contribution is 9.10. The van der Waals surface area contributed by atoms with Crippen LogP contribution in [0.3, 0.4) is 0 Å². The average Bonchev–Trinajstić information content (AvgIpc) is 2.33. The van der Waals surface area contributed by atoms with Crippen molar-refractivity contribution in [3.63, 3.8) is 0 Å². The molecule has 2 aromatic rings. The van der Waals surface area contributed by atoms with Crippen LogP contribution in [-0.4, -0.2) is 4.98 Å². The standard InChI is InChI=1S/C13H12BrClN2/c14-10-1-2-12(15)11(8-10)13(16)7-9-3-5-17-6-4-9/h1-6,8,13H,7,16H2. The summed E-state index contributed by atoms with van der Waals surface area (Å²) in [6.07, 6.45) is 4.29. The van der Waals surface area contributed by atoms with Crippen molar-refractivity contribution in [2.75, 3.05) is 0 Å². The molecule has 2 nitrogen and oxygen atoms in total. The molecule has 0 aliphatic rings. The van der Waals surface area contributed by atoms with Gasteiger partial charge in [0.05, 0.1) is 0 Å². The zero-order valence-electron chi connectivity index (χ0n) is 9.11. The van der Waals surface area contributed by atoms with Crippen molar-refractivity contribution in [2.45, 2.75) is 12.5 Å². The van der Waals surface area contributed by atoms with Gasteiger partial charge in [0.15, 0.2) is 0 Å². The minimum Gasteiger partial charge on any atom is -0.324 e. The van der Waals surface area contributed by atoms with Crippen molar-refractivity contribution in [3.8, 4) is 0 Å². The summed E-state index contributed by atoms with van der Waals surface area (Å²) >= 11 is 9.57. The summed E-state index contributed by atoms with van der Waals surface area (Å²) in [6, 6.07) is 9.55. The second-order valence-electron chi connectivity index (χ2n) is 3.83. The van der Waals surface area contributed by atoms with Crippen LogP contribution in [0.4, 0.5) is 0 Å². The molecule has 0 spiro atoms. The number of aromatic nitrogens is 1. The van der Waals surface area contributed by atoms with Gasteiger partial charge in [-0.05, 0) is 47.9 Å². The Bertz CT molecular complexity index is 502. The maximum Gasteiger partial charge on any atom is 0.0454 e. The molecule has 17 heavy (non-hydrogen) atoms. The van der Waals surface area contributed by atoms with Gasteiger partial charge in [-0.15, -0.1) is 0 Å². The van der Waals surface area contributed by atoms with Crippen LogP contribution in [0.1, 0.15) is 17.2 Å². The first-order chi connectivity index (χ1) is 8.16. The van der Waals surface area contributed by atoms with E-state index in [9.17, 15) is 0 Å². The Hall–Kier alpha value is -0.900. The largest absolute Gasteiger partial charge is 0.324 e. The summed E-state index contributed by atoms with van der Waals surface area (Å²) in [7, 11) is 0. The Balaban J connectivity index is 2.20. The monoisotopic (exact) mass is 310 g/mol. The highest BCUT2D eigenvalue weighted by Gasteiger charge is 2.11. The average molecular weight is 312 g/mol. The van der Waals surface area contributed by atoms with Crippen LogP contribution < -0.4 is 5.73 Å². The van der Waals surface area contributed by atoms with Crippen LogP contribution in [0.25, 0.3) is 0 Å². The fourth-order valence-electron chi connectivity index (χ4n) is 1.68. The SMILES string of the molecule is NC(Cc1ccncc1)c1cc(Br)ccc1Cl. The summed E-state index contributed by atoms with van der Waals surface area (Å²) in [5.41, 5.74) is 8.28. The van der Waals surface area contributed by atoms with Crippen LogP contribution in [-0.2, 0) is 6.42 Å². The van der Waals surface area contributed by atoms with E-state index in [1.165, 1.54) is 0 Å². The van der Waals surface area contributed by atoms with E-state index in [4.69, 9.17) is 17.3 Å². The van der Waals surface area contributed by atoms with E-state index in [0.717, 1.165) is 22.0 Å². The molecule has 0 amide bonds.